The number of fused-ring (bicyclic) bond motifs is 1. The molecular formula is C19H14N2O2S2. The van der Waals surface area contributed by atoms with Crippen LogP contribution < -0.4 is 5.56 Å². The summed E-state index contributed by atoms with van der Waals surface area (Å²) in [6, 6.07) is 16.4. The second kappa shape index (κ2) is 5.98. The molecule has 2 heterocycles. The van der Waals surface area contributed by atoms with E-state index in [0.29, 0.717) is 15.8 Å². The molecule has 0 aliphatic rings. The molecule has 0 fully saturated rings. The fraction of sp³-hybridized carbons (Fsp3) is 0.0526. The third-order valence-corrected chi connectivity index (χ3v) is 5.38. The normalized spacial score (nSPS) is 11.1. The number of phenolic OH excluding ortho intramolecular Hbond substituents is 1. The van der Waals surface area contributed by atoms with E-state index in [0.717, 1.165) is 20.8 Å². The van der Waals surface area contributed by atoms with Crippen LogP contribution in [-0.4, -0.2) is 14.7 Å². The van der Waals surface area contributed by atoms with Crippen molar-refractivity contribution in [3.8, 4) is 22.6 Å². The number of hydrogen-bond donors (Lipinski definition) is 2. The Balaban J connectivity index is 2.11. The maximum atomic E-state index is 13.3. The molecule has 2 aromatic carbocycles. The van der Waals surface area contributed by atoms with Gasteiger partial charge in [0.2, 0.25) is 0 Å². The third-order valence-electron chi connectivity index (χ3n) is 4.08. The summed E-state index contributed by atoms with van der Waals surface area (Å²) in [6.45, 7) is 2.00. The zero-order valence-corrected chi connectivity index (χ0v) is 14.9. The number of rotatable bonds is 2. The molecule has 0 spiro atoms. The summed E-state index contributed by atoms with van der Waals surface area (Å²) in [7, 11) is 0. The fourth-order valence-corrected chi connectivity index (χ4v) is 4.44. The molecule has 2 aromatic heterocycles. The highest BCUT2D eigenvalue weighted by molar-refractivity contribution is 7.71. The topological polar surface area (TPSA) is 58.0 Å². The number of benzene rings is 2. The second-order valence-electron chi connectivity index (χ2n) is 5.69. The minimum absolute atomic E-state index is 0.0867. The van der Waals surface area contributed by atoms with Crippen LogP contribution in [0.1, 0.15) is 4.88 Å². The van der Waals surface area contributed by atoms with Gasteiger partial charge < -0.3 is 10.1 Å². The molecule has 0 aliphatic heterocycles. The highest BCUT2D eigenvalue weighted by Gasteiger charge is 2.17. The first-order valence-corrected chi connectivity index (χ1v) is 8.92. The molecule has 0 bridgehead atoms. The van der Waals surface area contributed by atoms with Crippen molar-refractivity contribution in [1.29, 1.82) is 0 Å². The van der Waals surface area contributed by atoms with Gasteiger partial charge in [-0.15, -0.1) is 11.3 Å². The van der Waals surface area contributed by atoms with Crippen LogP contribution in [0.2, 0.25) is 0 Å². The van der Waals surface area contributed by atoms with Gasteiger partial charge in [0.05, 0.1) is 11.1 Å². The molecule has 0 saturated carbocycles. The Morgan fingerprint density at radius 1 is 1.12 bits per heavy atom. The number of nitrogens with zero attached hydrogens (tertiary/aromatic N) is 1. The Morgan fingerprint density at radius 3 is 2.60 bits per heavy atom. The summed E-state index contributed by atoms with van der Waals surface area (Å²) in [4.78, 5) is 18.3. The van der Waals surface area contributed by atoms with E-state index < -0.39 is 0 Å². The molecule has 0 aliphatic carbocycles. The molecule has 2 N–H and O–H groups in total. The quantitative estimate of drug-likeness (QED) is 0.502. The van der Waals surface area contributed by atoms with Crippen molar-refractivity contribution < 1.29 is 5.11 Å². The summed E-state index contributed by atoms with van der Waals surface area (Å²) in [6.07, 6.45) is 0. The summed E-state index contributed by atoms with van der Waals surface area (Å²) < 4.78 is 1.74. The number of nitrogens with one attached hydrogen (secondary N) is 1. The number of aromatic nitrogens is 2. The van der Waals surface area contributed by atoms with E-state index in [4.69, 9.17) is 12.2 Å². The van der Waals surface area contributed by atoms with Crippen LogP contribution in [0.15, 0.2) is 59.4 Å². The van der Waals surface area contributed by atoms with Crippen molar-refractivity contribution >= 4 is 33.8 Å². The van der Waals surface area contributed by atoms with Gasteiger partial charge in [-0.3, -0.25) is 9.36 Å². The van der Waals surface area contributed by atoms with E-state index in [1.54, 1.807) is 18.2 Å². The van der Waals surface area contributed by atoms with Crippen LogP contribution in [0.25, 0.3) is 27.0 Å². The van der Waals surface area contributed by atoms with Gasteiger partial charge >= 0.3 is 0 Å². The molecule has 0 atom stereocenters. The van der Waals surface area contributed by atoms with Crippen LogP contribution in [0.3, 0.4) is 0 Å². The average Bonchev–Trinajstić information content (AvgIpc) is 2.92. The van der Waals surface area contributed by atoms with Gasteiger partial charge in [0, 0.05) is 16.5 Å². The molecule has 4 nitrogen and oxygen atoms in total. The Labute approximate surface area is 152 Å². The van der Waals surface area contributed by atoms with Crippen LogP contribution in [0.5, 0.6) is 5.75 Å². The number of hydrogen-bond acceptors (Lipinski definition) is 4. The minimum Gasteiger partial charge on any atom is -0.508 e. The SMILES string of the molecule is Cc1sc2[nH]c(=S)n(-c3cccc(O)c3)c(=O)c2c1-c1ccccc1. The lowest BCUT2D eigenvalue weighted by Gasteiger charge is -2.08. The molecule has 0 saturated heterocycles. The van der Waals surface area contributed by atoms with E-state index in [9.17, 15) is 9.90 Å². The monoisotopic (exact) mass is 366 g/mol. The first-order valence-electron chi connectivity index (χ1n) is 7.69. The third kappa shape index (κ3) is 2.59. The summed E-state index contributed by atoms with van der Waals surface area (Å²) in [5.74, 6) is 0.0867. The number of aryl methyl sites for hydroxylation is 1. The Kier molecular flexibility index (Phi) is 3.78. The van der Waals surface area contributed by atoms with Crippen molar-refractivity contribution in [2.75, 3.05) is 0 Å². The van der Waals surface area contributed by atoms with Crippen LogP contribution >= 0.6 is 23.6 Å². The molecule has 0 amide bonds. The van der Waals surface area contributed by atoms with E-state index in [1.165, 1.54) is 22.0 Å². The number of H-pyrrole nitrogens is 1. The lowest BCUT2D eigenvalue weighted by atomic mass is 10.0. The maximum absolute atomic E-state index is 13.3. The van der Waals surface area contributed by atoms with E-state index in [1.807, 2.05) is 37.3 Å². The molecule has 6 heteroatoms. The van der Waals surface area contributed by atoms with Gasteiger partial charge in [0.25, 0.3) is 5.56 Å². The smallest absolute Gasteiger partial charge is 0.268 e. The first-order chi connectivity index (χ1) is 12.1. The van der Waals surface area contributed by atoms with Gasteiger partial charge in [-0.05, 0) is 36.8 Å². The molecule has 4 aromatic rings. The van der Waals surface area contributed by atoms with E-state index in [-0.39, 0.29) is 11.3 Å². The second-order valence-corrected chi connectivity index (χ2v) is 7.31. The zero-order valence-electron chi connectivity index (χ0n) is 13.3. The fourth-order valence-electron chi connectivity index (χ4n) is 3.01. The Bertz CT molecular complexity index is 1200. The average molecular weight is 366 g/mol. The predicted octanol–water partition coefficient (Wildman–Crippen LogP) is 4.79. The number of aromatic hydroxyl groups is 1. The molecule has 124 valence electrons. The van der Waals surface area contributed by atoms with Crippen molar-refractivity contribution in [1.82, 2.24) is 9.55 Å². The summed E-state index contributed by atoms with van der Waals surface area (Å²) >= 11 is 6.92. The lowest BCUT2D eigenvalue weighted by molar-refractivity contribution is 0.475. The standard InChI is InChI=1S/C19H14N2O2S2/c1-11-15(12-6-3-2-4-7-12)16-17(25-11)20-19(24)21(18(16)23)13-8-5-9-14(22)10-13/h2-10,22H,1H3,(H,20,24). The predicted molar refractivity (Wildman–Crippen MR) is 104 cm³/mol. The Morgan fingerprint density at radius 2 is 1.88 bits per heavy atom. The molecule has 0 unspecified atom stereocenters. The van der Waals surface area contributed by atoms with Crippen molar-refractivity contribution in [2.24, 2.45) is 0 Å². The van der Waals surface area contributed by atoms with Crippen LogP contribution in [0.4, 0.5) is 0 Å². The summed E-state index contributed by atoms with van der Waals surface area (Å²) in [5, 5.41) is 10.4. The van der Waals surface area contributed by atoms with Crippen molar-refractivity contribution in [3.63, 3.8) is 0 Å². The van der Waals surface area contributed by atoms with Gasteiger partial charge in [0.1, 0.15) is 10.6 Å². The van der Waals surface area contributed by atoms with Crippen LogP contribution in [0, 0.1) is 11.7 Å². The van der Waals surface area contributed by atoms with Crippen LogP contribution in [-0.2, 0) is 0 Å². The first kappa shape index (κ1) is 15.8. The highest BCUT2D eigenvalue weighted by atomic mass is 32.1. The van der Waals surface area contributed by atoms with E-state index in [2.05, 4.69) is 4.98 Å². The van der Waals surface area contributed by atoms with Gasteiger partial charge in [0.15, 0.2) is 4.77 Å². The van der Waals surface area contributed by atoms with E-state index >= 15 is 0 Å². The zero-order chi connectivity index (χ0) is 17.6. The highest BCUT2D eigenvalue weighted by Crippen LogP contribution is 2.35. The number of thiophene rings is 1. The minimum atomic E-state index is -0.187. The molecular weight excluding hydrogens is 352 g/mol. The molecule has 25 heavy (non-hydrogen) atoms. The van der Waals surface area contributed by atoms with Crippen molar-refractivity contribution in [3.05, 3.63) is 74.6 Å². The lowest BCUT2D eigenvalue weighted by Crippen LogP contribution is -2.20. The summed E-state index contributed by atoms with van der Waals surface area (Å²) in [5.41, 5.74) is 2.27. The largest absolute Gasteiger partial charge is 0.508 e. The number of phenols is 1. The molecule has 0 radical (unpaired) electrons. The maximum Gasteiger partial charge on any atom is 0.268 e. The Hall–Kier alpha value is -2.70. The van der Waals surface area contributed by atoms with Gasteiger partial charge in [-0.25, -0.2) is 0 Å². The van der Waals surface area contributed by atoms with Crippen molar-refractivity contribution in [2.45, 2.75) is 6.92 Å². The molecule has 4 rings (SSSR count). The number of aromatic amines is 1. The van der Waals surface area contributed by atoms with Gasteiger partial charge in [-0.2, -0.15) is 0 Å². The van der Waals surface area contributed by atoms with Gasteiger partial charge in [-0.1, -0.05) is 36.4 Å².